The molecule has 1 aromatic heterocycles. The van der Waals surface area contributed by atoms with Gasteiger partial charge in [-0.05, 0) is 25.7 Å². The van der Waals surface area contributed by atoms with E-state index in [1.54, 1.807) is 18.8 Å². The molecule has 0 spiro atoms. The van der Waals surface area contributed by atoms with E-state index in [1.165, 1.54) is 0 Å². The lowest BCUT2D eigenvalue weighted by Gasteiger charge is -2.13. The van der Waals surface area contributed by atoms with Crippen LogP contribution in [-0.2, 0) is 18.2 Å². The van der Waals surface area contributed by atoms with Gasteiger partial charge in [0.1, 0.15) is 5.69 Å². The van der Waals surface area contributed by atoms with Crippen LogP contribution in [0.15, 0.2) is 0 Å². The Morgan fingerprint density at radius 3 is 2.84 bits per heavy atom. The average molecular weight is 268 g/mol. The molecule has 1 saturated carbocycles. The van der Waals surface area contributed by atoms with Crippen LogP contribution in [0, 0.1) is 10.1 Å². The van der Waals surface area contributed by atoms with Crippen molar-refractivity contribution in [3.8, 4) is 0 Å². The van der Waals surface area contributed by atoms with E-state index in [-0.39, 0.29) is 22.8 Å². The second kappa shape index (κ2) is 5.56. The third-order valence-corrected chi connectivity index (χ3v) is 3.67. The monoisotopic (exact) mass is 268 g/mol. The zero-order valence-electron chi connectivity index (χ0n) is 11.5. The Hall–Kier alpha value is -1.63. The molecule has 0 radical (unpaired) electrons. The summed E-state index contributed by atoms with van der Waals surface area (Å²) in [6.45, 7) is 1.87. The summed E-state index contributed by atoms with van der Waals surface area (Å²) in [6, 6.07) is 0.212. The fourth-order valence-corrected chi connectivity index (χ4v) is 2.64. The summed E-state index contributed by atoms with van der Waals surface area (Å²) in [7, 11) is 3.44. The van der Waals surface area contributed by atoms with Gasteiger partial charge in [-0.25, -0.2) is 4.68 Å². The number of anilines is 1. The van der Waals surface area contributed by atoms with Crippen molar-refractivity contribution >= 4 is 11.5 Å². The molecule has 1 fully saturated rings. The van der Waals surface area contributed by atoms with Crippen LogP contribution in [0.2, 0.25) is 0 Å². The second-order valence-electron chi connectivity index (χ2n) is 4.89. The molecule has 0 aliphatic heterocycles. The lowest BCUT2D eigenvalue weighted by Crippen LogP contribution is -2.19. The summed E-state index contributed by atoms with van der Waals surface area (Å²) in [6.07, 6.45) is 3.62. The van der Waals surface area contributed by atoms with Crippen molar-refractivity contribution in [2.45, 2.75) is 44.8 Å². The number of rotatable bonds is 5. The van der Waals surface area contributed by atoms with Crippen LogP contribution >= 0.6 is 0 Å². The third-order valence-electron chi connectivity index (χ3n) is 3.67. The molecule has 2 unspecified atom stereocenters. The molecule has 0 bridgehead atoms. The first-order valence-corrected chi connectivity index (χ1v) is 6.56. The van der Waals surface area contributed by atoms with E-state index in [2.05, 4.69) is 10.4 Å². The summed E-state index contributed by atoms with van der Waals surface area (Å²) >= 11 is 0. The molecule has 106 valence electrons. The van der Waals surface area contributed by atoms with Crippen LogP contribution in [0.4, 0.5) is 11.5 Å². The number of nitro groups is 1. The molecule has 2 rings (SSSR count). The van der Waals surface area contributed by atoms with E-state index in [0.717, 1.165) is 19.3 Å². The van der Waals surface area contributed by atoms with Gasteiger partial charge in [0.25, 0.3) is 0 Å². The third kappa shape index (κ3) is 2.70. The van der Waals surface area contributed by atoms with Gasteiger partial charge in [-0.2, -0.15) is 5.10 Å². The van der Waals surface area contributed by atoms with Gasteiger partial charge in [0.15, 0.2) is 0 Å². The molecule has 1 aromatic rings. The molecule has 1 N–H and O–H groups in total. The fourth-order valence-electron chi connectivity index (χ4n) is 2.64. The van der Waals surface area contributed by atoms with Gasteiger partial charge in [-0.15, -0.1) is 0 Å². The molecule has 1 heterocycles. The summed E-state index contributed by atoms with van der Waals surface area (Å²) < 4.78 is 6.88. The molecule has 0 amide bonds. The number of ether oxygens (including phenoxy) is 1. The van der Waals surface area contributed by atoms with Gasteiger partial charge in [-0.1, -0.05) is 6.92 Å². The zero-order valence-corrected chi connectivity index (χ0v) is 11.5. The van der Waals surface area contributed by atoms with Crippen molar-refractivity contribution in [3.05, 3.63) is 15.8 Å². The van der Waals surface area contributed by atoms with Gasteiger partial charge in [0.2, 0.25) is 5.82 Å². The van der Waals surface area contributed by atoms with Crippen molar-refractivity contribution in [1.29, 1.82) is 0 Å². The van der Waals surface area contributed by atoms with Gasteiger partial charge >= 0.3 is 5.69 Å². The average Bonchev–Trinajstić information content (AvgIpc) is 2.95. The van der Waals surface area contributed by atoms with Crippen molar-refractivity contribution < 1.29 is 9.66 Å². The lowest BCUT2D eigenvalue weighted by atomic mass is 10.2. The van der Waals surface area contributed by atoms with Crippen molar-refractivity contribution in [1.82, 2.24) is 9.78 Å². The minimum Gasteiger partial charge on any atom is -0.381 e. The van der Waals surface area contributed by atoms with Crippen LogP contribution in [0.1, 0.15) is 31.9 Å². The van der Waals surface area contributed by atoms with Crippen LogP contribution in [0.3, 0.4) is 0 Å². The largest absolute Gasteiger partial charge is 0.381 e. The van der Waals surface area contributed by atoms with Crippen LogP contribution in [0.5, 0.6) is 0 Å². The predicted molar refractivity (Wildman–Crippen MR) is 71.3 cm³/mol. The van der Waals surface area contributed by atoms with Gasteiger partial charge in [0.05, 0.1) is 11.0 Å². The maximum Gasteiger partial charge on any atom is 0.333 e. The van der Waals surface area contributed by atoms with E-state index < -0.39 is 0 Å². The number of nitrogens with one attached hydrogen (secondary N) is 1. The zero-order chi connectivity index (χ0) is 14.0. The first-order valence-electron chi connectivity index (χ1n) is 6.56. The Kier molecular flexibility index (Phi) is 4.04. The molecular formula is C12H20N4O3. The van der Waals surface area contributed by atoms with Crippen molar-refractivity contribution in [3.63, 3.8) is 0 Å². The van der Waals surface area contributed by atoms with Gasteiger partial charge < -0.3 is 10.1 Å². The number of hydrogen-bond donors (Lipinski definition) is 1. The summed E-state index contributed by atoms with van der Waals surface area (Å²) in [5.74, 6) is 0.503. The number of nitrogens with zero attached hydrogens (tertiary/aromatic N) is 3. The highest BCUT2D eigenvalue weighted by molar-refractivity contribution is 5.60. The number of aromatic nitrogens is 2. The summed E-state index contributed by atoms with van der Waals surface area (Å²) in [5, 5.41) is 18.7. The highest BCUT2D eigenvalue weighted by Gasteiger charge is 2.30. The van der Waals surface area contributed by atoms with Gasteiger partial charge in [-0.3, -0.25) is 10.1 Å². The normalized spacial score (nSPS) is 22.7. The lowest BCUT2D eigenvalue weighted by molar-refractivity contribution is -0.384. The molecule has 2 atom stereocenters. The van der Waals surface area contributed by atoms with E-state index in [9.17, 15) is 10.1 Å². The highest BCUT2D eigenvalue weighted by Crippen LogP contribution is 2.32. The SMILES string of the molecule is CCc1nn(C)c(NC2CCC(OC)C2)c1[N+](=O)[O-]. The Labute approximate surface area is 112 Å². The molecule has 7 nitrogen and oxygen atoms in total. The topological polar surface area (TPSA) is 82.2 Å². The Bertz CT molecular complexity index is 472. The maximum atomic E-state index is 11.2. The van der Waals surface area contributed by atoms with E-state index in [4.69, 9.17) is 4.74 Å². The first-order chi connectivity index (χ1) is 9.06. The van der Waals surface area contributed by atoms with E-state index >= 15 is 0 Å². The minimum atomic E-state index is -0.350. The molecule has 1 aliphatic rings. The van der Waals surface area contributed by atoms with Crippen molar-refractivity contribution in [2.75, 3.05) is 12.4 Å². The second-order valence-corrected chi connectivity index (χ2v) is 4.89. The van der Waals surface area contributed by atoms with Crippen LogP contribution in [-0.4, -0.2) is 34.0 Å². The van der Waals surface area contributed by atoms with Crippen LogP contribution < -0.4 is 5.32 Å². The molecule has 0 saturated heterocycles. The van der Waals surface area contributed by atoms with E-state index in [1.807, 2.05) is 6.92 Å². The van der Waals surface area contributed by atoms with Gasteiger partial charge in [0, 0.05) is 20.2 Å². The molecule has 7 heteroatoms. The number of hydrogen-bond acceptors (Lipinski definition) is 5. The van der Waals surface area contributed by atoms with E-state index in [0.29, 0.717) is 17.9 Å². The number of methoxy groups -OCH3 is 1. The fraction of sp³-hybridized carbons (Fsp3) is 0.750. The van der Waals surface area contributed by atoms with Crippen LogP contribution in [0.25, 0.3) is 0 Å². The highest BCUT2D eigenvalue weighted by atomic mass is 16.6. The molecule has 19 heavy (non-hydrogen) atoms. The molecule has 0 aromatic carbocycles. The maximum absolute atomic E-state index is 11.2. The molecule has 1 aliphatic carbocycles. The minimum absolute atomic E-state index is 0.103. The van der Waals surface area contributed by atoms with Crippen molar-refractivity contribution in [2.24, 2.45) is 7.05 Å². The standard InChI is InChI=1S/C12H20N4O3/c1-4-10-11(16(17)18)12(15(2)14-10)13-8-5-6-9(7-8)19-3/h8-9,13H,4-7H2,1-3H3. The Morgan fingerprint density at radius 1 is 1.58 bits per heavy atom. The smallest absolute Gasteiger partial charge is 0.333 e. The summed E-state index contributed by atoms with van der Waals surface area (Å²) in [4.78, 5) is 10.8. The number of aryl methyl sites for hydroxylation is 2. The first kappa shape index (κ1) is 13.8. The predicted octanol–water partition coefficient (Wildman–Crippen LogP) is 1.87. The molecular weight excluding hydrogens is 248 g/mol. The summed E-state index contributed by atoms with van der Waals surface area (Å²) in [5.41, 5.74) is 0.627. The quantitative estimate of drug-likeness (QED) is 0.651. The Balaban J connectivity index is 2.20. The Morgan fingerprint density at radius 2 is 2.32 bits per heavy atom.